The summed E-state index contributed by atoms with van der Waals surface area (Å²) in [4.78, 5) is 0. The first-order chi connectivity index (χ1) is 7.75. The average Bonchev–Trinajstić information content (AvgIpc) is 2.29. The Kier molecular flexibility index (Phi) is 7.00. The summed E-state index contributed by atoms with van der Waals surface area (Å²) in [5.74, 6) is 6.36. The highest BCUT2D eigenvalue weighted by Gasteiger charge is 2.26. The van der Waals surface area contributed by atoms with E-state index in [1.54, 1.807) is 0 Å². The second-order valence-corrected chi connectivity index (χ2v) is 6.11. The molecule has 0 aromatic heterocycles. The first-order valence-electron chi connectivity index (χ1n) is 6.50. The van der Waals surface area contributed by atoms with Crippen molar-refractivity contribution in [3.8, 4) is 12.3 Å². The van der Waals surface area contributed by atoms with Crippen molar-refractivity contribution in [1.82, 2.24) is 5.32 Å². The molecule has 0 aliphatic heterocycles. The zero-order valence-electron chi connectivity index (χ0n) is 10.7. The molecule has 0 spiro atoms. The molecule has 2 unspecified atom stereocenters. The van der Waals surface area contributed by atoms with E-state index < -0.39 is 0 Å². The highest BCUT2D eigenvalue weighted by Crippen LogP contribution is 2.30. The summed E-state index contributed by atoms with van der Waals surface area (Å²) in [5, 5.41) is 3.72. The third kappa shape index (κ3) is 4.80. The van der Waals surface area contributed by atoms with Crippen LogP contribution in [0, 0.1) is 24.2 Å². The Balaban J connectivity index is 2.20. The third-order valence-corrected chi connectivity index (χ3v) is 4.38. The van der Waals surface area contributed by atoms with Gasteiger partial charge in [0, 0.05) is 18.3 Å². The number of terminal acetylenes is 1. The van der Waals surface area contributed by atoms with Crippen LogP contribution in [0.5, 0.6) is 0 Å². The summed E-state index contributed by atoms with van der Waals surface area (Å²) in [6, 6.07) is 0.750. The molecular weight excluding hydrogens is 214 g/mol. The van der Waals surface area contributed by atoms with Crippen LogP contribution in [-0.2, 0) is 0 Å². The standard InChI is InChI=1S/C14H25NS/c1-4-10-16-11-9-15-14-8-6-5-7-13(14)12(2)3/h1,12-15H,5-11H2,2-3H3. The van der Waals surface area contributed by atoms with Crippen LogP contribution in [0.1, 0.15) is 39.5 Å². The topological polar surface area (TPSA) is 12.0 Å². The molecule has 2 heteroatoms. The summed E-state index contributed by atoms with van der Waals surface area (Å²) in [5.41, 5.74) is 0. The number of thioether (sulfide) groups is 1. The van der Waals surface area contributed by atoms with Crippen LogP contribution in [0.25, 0.3) is 0 Å². The Morgan fingerprint density at radius 3 is 2.81 bits per heavy atom. The molecular formula is C14H25NS. The van der Waals surface area contributed by atoms with Gasteiger partial charge < -0.3 is 5.32 Å². The van der Waals surface area contributed by atoms with Gasteiger partial charge in [0.25, 0.3) is 0 Å². The molecule has 16 heavy (non-hydrogen) atoms. The Morgan fingerprint density at radius 2 is 2.12 bits per heavy atom. The average molecular weight is 239 g/mol. The van der Waals surface area contributed by atoms with Gasteiger partial charge in [0.15, 0.2) is 0 Å². The molecule has 0 aromatic carbocycles. The van der Waals surface area contributed by atoms with Crippen LogP contribution in [0.15, 0.2) is 0 Å². The quantitative estimate of drug-likeness (QED) is 0.564. The zero-order valence-corrected chi connectivity index (χ0v) is 11.5. The normalized spacial score (nSPS) is 25.6. The van der Waals surface area contributed by atoms with Crippen LogP contribution < -0.4 is 5.32 Å². The van der Waals surface area contributed by atoms with Crippen molar-refractivity contribution in [2.45, 2.75) is 45.6 Å². The molecule has 0 radical (unpaired) electrons. The summed E-state index contributed by atoms with van der Waals surface area (Å²) < 4.78 is 0. The lowest BCUT2D eigenvalue weighted by atomic mass is 9.78. The molecule has 1 nitrogen and oxygen atoms in total. The molecule has 1 N–H and O–H groups in total. The van der Waals surface area contributed by atoms with Gasteiger partial charge in [0.05, 0.1) is 5.75 Å². The molecule has 0 aromatic rings. The van der Waals surface area contributed by atoms with Crippen molar-refractivity contribution in [2.24, 2.45) is 11.8 Å². The maximum atomic E-state index is 5.22. The predicted molar refractivity (Wildman–Crippen MR) is 74.7 cm³/mol. The second-order valence-electron chi connectivity index (χ2n) is 5.01. The first-order valence-corrected chi connectivity index (χ1v) is 7.65. The van der Waals surface area contributed by atoms with Crippen LogP contribution in [-0.4, -0.2) is 24.1 Å². The monoisotopic (exact) mass is 239 g/mol. The molecule has 1 rings (SSSR count). The maximum absolute atomic E-state index is 5.22. The molecule has 0 amide bonds. The van der Waals surface area contributed by atoms with Crippen molar-refractivity contribution < 1.29 is 0 Å². The molecule has 1 aliphatic carbocycles. The lowest BCUT2D eigenvalue weighted by Gasteiger charge is -2.35. The van der Waals surface area contributed by atoms with Gasteiger partial charge in [-0.05, 0) is 24.7 Å². The van der Waals surface area contributed by atoms with E-state index in [1.807, 2.05) is 11.8 Å². The van der Waals surface area contributed by atoms with Gasteiger partial charge in [-0.15, -0.1) is 18.2 Å². The maximum Gasteiger partial charge on any atom is 0.0545 e. The van der Waals surface area contributed by atoms with Crippen LogP contribution in [0.4, 0.5) is 0 Å². The van der Waals surface area contributed by atoms with E-state index in [2.05, 4.69) is 25.1 Å². The van der Waals surface area contributed by atoms with Crippen LogP contribution in [0.2, 0.25) is 0 Å². The van der Waals surface area contributed by atoms with E-state index in [0.29, 0.717) is 0 Å². The minimum atomic E-state index is 0.750. The fourth-order valence-corrected chi connectivity index (χ4v) is 3.18. The van der Waals surface area contributed by atoms with E-state index in [-0.39, 0.29) is 0 Å². The van der Waals surface area contributed by atoms with Gasteiger partial charge in [-0.1, -0.05) is 32.6 Å². The Hall–Kier alpha value is -0.130. The Labute approximate surface area is 105 Å². The van der Waals surface area contributed by atoms with Gasteiger partial charge >= 0.3 is 0 Å². The largest absolute Gasteiger partial charge is 0.313 e. The van der Waals surface area contributed by atoms with Gasteiger partial charge in [0.2, 0.25) is 0 Å². The van der Waals surface area contributed by atoms with Crippen molar-refractivity contribution in [3.63, 3.8) is 0 Å². The third-order valence-electron chi connectivity index (χ3n) is 3.51. The molecule has 0 saturated heterocycles. The predicted octanol–water partition coefficient (Wildman–Crippen LogP) is 3.16. The van der Waals surface area contributed by atoms with Crippen LogP contribution >= 0.6 is 11.8 Å². The molecule has 92 valence electrons. The number of rotatable bonds is 6. The van der Waals surface area contributed by atoms with Crippen LogP contribution in [0.3, 0.4) is 0 Å². The van der Waals surface area contributed by atoms with Gasteiger partial charge in [-0.25, -0.2) is 0 Å². The molecule has 1 fully saturated rings. The van der Waals surface area contributed by atoms with E-state index in [9.17, 15) is 0 Å². The number of hydrogen-bond donors (Lipinski definition) is 1. The lowest BCUT2D eigenvalue weighted by molar-refractivity contribution is 0.208. The minimum Gasteiger partial charge on any atom is -0.313 e. The Morgan fingerprint density at radius 1 is 1.38 bits per heavy atom. The molecule has 1 aliphatic rings. The minimum absolute atomic E-state index is 0.750. The summed E-state index contributed by atoms with van der Waals surface area (Å²) in [6.45, 7) is 5.83. The van der Waals surface area contributed by atoms with Crippen molar-refractivity contribution in [3.05, 3.63) is 0 Å². The van der Waals surface area contributed by atoms with Crippen molar-refractivity contribution >= 4 is 11.8 Å². The zero-order chi connectivity index (χ0) is 11.8. The fraction of sp³-hybridized carbons (Fsp3) is 0.857. The molecule has 0 bridgehead atoms. The smallest absolute Gasteiger partial charge is 0.0545 e. The highest BCUT2D eigenvalue weighted by atomic mass is 32.2. The van der Waals surface area contributed by atoms with E-state index in [1.165, 1.54) is 25.7 Å². The summed E-state index contributed by atoms with van der Waals surface area (Å²) in [7, 11) is 0. The highest BCUT2D eigenvalue weighted by molar-refractivity contribution is 7.99. The second kappa shape index (κ2) is 8.03. The van der Waals surface area contributed by atoms with Gasteiger partial charge in [0.1, 0.15) is 0 Å². The van der Waals surface area contributed by atoms with Crippen molar-refractivity contribution in [2.75, 3.05) is 18.1 Å². The number of nitrogens with one attached hydrogen (secondary N) is 1. The molecule has 1 saturated carbocycles. The summed E-state index contributed by atoms with van der Waals surface area (Å²) in [6.07, 6.45) is 10.8. The van der Waals surface area contributed by atoms with Gasteiger partial charge in [-0.3, -0.25) is 0 Å². The van der Waals surface area contributed by atoms with E-state index >= 15 is 0 Å². The van der Waals surface area contributed by atoms with E-state index in [0.717, 1.165) is 35.9 Å². The van der Waals surface area contributed by atoms with Crippen molar-refractivity contribution in [1.29, 1.82) is 0 Å². The first kappa shape index (κ1) is 13.9. The lowest BCUT2D eigenvalue weighted by Crippen LogP contribution is -2.41. The van der Waals surface area contributed by atoms with E-state index in [4.69, 9.17) is 6.42 Å². The summed E-state index contributed by atoms with van der Waals surface area (Å²) >= 11 is 1.85. The van der Waals surface area contributed by atoms with Gasteiger partial charge in [-0.2, -0.15) is 0 Å². The molecule has 0 heterocycles. The number of hydrogen-bond acceptors (Lipinski definition) is 2. The Bertz CT molecular complexity index is 219. The fourth-order valence-electron chi connectivity index (χ4n) is 2.66. The molecule has 2 atom stereocenters. The SMILES string of the molecule is C#CCSCCNC1CCCCC1C(C)C.